The largest absolute Gasteiger partial charge is 0.457 e. The number of hydrogen-bond acceptors (Lipinski definition) is 7. The molecule has 0 aliphatic carbocycles. The van der Waals surface area contributed by atoms with E-state index in [1.165, 1.54) is 0 Å². The number of anilines is 1. The van der Waals surface area contributed by atoms with Gasteiger partial charge < -0.3 is 14.4 Å². The zero-order chi connectivity index (χ0) is 23.3. The van der Waals surface area contributed by atoms with Crippen molar-refractivity contribution in [2.24, 2.45) is 0 Å². The Labute approximate surface area is 192 Å². The van der Waals surface area contributed by atoms with Crippen LogP contribution in [0.15, 0.2) is 59.8 Å². The highest BCUT2D eigenvalue weighted by molar-refractivity contribution is 7.99. The minimum atomic E-state index is -4.45. The van der Waals surface area contributed by atoms with Gasteiger partial charge in [-0.15, -0.1) is 10.2 Å². The fraction of sp³-hybridized carbons (Fsp3) is 0.318. The van der Waals surface area contributed by atoms with Crippen molar-refractivity contribution in [3.8, 4) is 11.5 Å². The van der Waals surface area contributed by atoms with Gasteiger partial charge in [-0.2, -0.15) is 13.2 Å². The molecule has 4 rings (SSSR count). The maximum atomic E-state index is 13.2. The summed E-state index contributed by atoms with van der Waals surface area (Å²) in [4.78, 5) is 14.3. The Morgan fingerprint density at radius 2 is 1.67 bits per heavy atom. The van der Waals surface area contributed by atoms with Gasteiger partial charge in [-0.3, -0.25) is 9.36 Å². The molecular formula is C22H21F3N4O3S. The molecule has 1 fully saturated rings. The lowest BCUT2D eigenvalue weighted by Gasteiger charge is -2.28. The molecule has 0 spiro atoms. The van der Waals surface area contributed by atoms with Crippen molar-refractivity contribution >= 4 is 23.5 Å². The van der Waals surface area contributed by atoms with Crippen molar-refractivity contribution in [1.29, 1.82) is 0 Å². The van der Waals surface area contributed by atoms with E-state index in [1.807, 2.05) is 30.3 Å². The number of ether oxygens (including phenoxy) is 2. The Kier molecular flexibility index (Phi) is 7.19. The molecule has 7 nitrogen and oxygen atoms in total. The van der Waals surface area contributed by atoms with E-state index in [0.717, 1.165) is 16.3 Å². The predicted octanol–water partition coefficient (Wildman–Crippen LogP) is 4.44. The molecule has 0 bridgehead atoms. The number of rotatable bonds is 8. The average Bonchev–Trinajstić information content (AvgIpc) is 3.20. The third kappa shape index (κ3) is 6.26. The summed E-state index contributed by atoms with van der Waals surface area (Å²) in [6.07, 6.45) is -4.45. The number of alkyl halides is 3. The number of morpholine rings is 1. The first-order chi connectivity index (χ1) is 15.9. The number of thioether (sulfide) groups is 1. The molecule has 1 aliphatic heterocycles. The Hall–Kier alpha value is -3.05. The quantitative estimate of drug-likeness (QED) is 0.350. The van der Waals surface area contributed by atoms with Crippen LogP contribution in [0.4, 0.5) is 19.1 Å². The molecule has 0 amide bonds. The standard InChI is InChI=1S/C22H21F3N4O3S/c23-22(24,25)15-29-20(28-10-12-31-13-11-28)26-27-21(29)33-14-19(30)16-6-8-18(9-7-16)32-17-4-2-1-3-5-17/h1-9H,10-15H2. The van der Waals surface area contributed by atoms with Gasteiger partial charge in [0.1, 0.15) is 18.0 Å². The average molecular weight is 478 g/mol. The summed E-state index contributed by atoms with van der Waals surface area (Å²) in [7, 11) is 0. The third-order valence-electron chi connectivity index (χ3n) is 4.82. The van der Waals surface area contributed by atoms with Crippen molar-refractivity contribution in [3.63, 3.8) is 0 Å². The molecule has 2 heterocycles. The summed E-state index contributed by atoms with van der Waals surface area (Å²) in [6, 6.07) is 15.8. The van der Waals surface area contributed by atoms with Gasteiger partial charge in [-0.05, 0) is 36.4 Å². The summed E-state index contributed by atoms with van der Waals surface area (Å²) >= 11 is 0.933. The van der Waals surface area contributed by atoms with Crippen molar-refractivity contribution < 1.29 is 27.4 Å². The zero-order valence-electron chi connectivity index (χ0n) is 17.5. The van der Waals surface area contributed by atoms with Gasteiger partial charge in [-0.1, -0.05) is 30.0 Å². The van der Waals surface area contributed by atoms with E-state index in [0.29, 0.717) is 43.4 Å². The van der Waals surface area contributed by atoms with Gasteiger partial charge in [-0.25, -0.2) is 0 Å². The Bertz CT molecular complexity index is 1070. The third-order valence-corrected chi connectivity index (χ3v) is 5.78. The van der Waals surface area contributed by atoms with Gasteiger partial charge in [0.2, 0.25) is 5.95 Å². The number of ketones is 1. The summed E-state index contributed by atoms with van der Waals surface area (Å²) in [6.45, 7) is 0.441. The first kappa shape index (κ1) is 23.1. The summed E-state index contributed by atoms with van der Waals surface area (Å²) in [5.74, 6) is 1.07. The fourth-order valence-corrected chi connectivity index (χ4v) is 4.08. The van der Waals surface area contributed by atoms with Gasteiger partial charge in [0.05, 0.1) is 19.0 Å². The second-order valence-corrected chi connectivity index (χ2v) is 8.18. The molecule has 0 atom stereocenters. The number of hydrogen-bond donors (Lipinski definition) is 0. The number of aromatic nitrogens is 3. The summed E-state index contributed by atoms with van der Waals surface area (Å²) < 4.78 is 51.6. The predicted molar refractivity (Wildman–Crippen MR) is 117 cm³/mol. The van der Waals surface area contributed by atoms with Crippen molar-refractivity contribution in [2.45, 2.75) is 17.9 Å². The number of benzene rings is 2. The molecule has 0 unspecified atom stereocenters. The zero-order valence-corrected chi connectivity index (χ0v) is 18.3. The second kappa shape index (κ2) is 10.3. The lowest BCUT2D eigenvalue weighted by molar-refractivity contribution is -0.141. The van der Waals surface area contributed by atoms with Crippen LogP contribution in [0.3, 0.4) is 0 Å². The summed E-state index contributed by atoms with van der Waals surface area (Å²) in [5.41, 5.74) is 0.429. The minimum Gasteiger partial charge on any atom is -0.457 e. The van der Waals surface area contributed by atoms with Gasteiger partial charge in [0, 0.05) is 18.7 Å². The highest BCUT2D eigenvalue weighted by atomic mass is 32.2. The number of carbonyl (C=O) groups excluding carboxylic acids is 1. The van der Waals surface area contributed by atoms with Crippen LogP contribution in [-0.4, -0.2) is 58.8 Å². The van der Waals surface area contributed by atoms with Crippen LogP contribution >= 0.6 is 11.8 Å². The van der Waals surface area contributed by atoms with Crippen molar-refractivity contribution in [2.75, 3.05) is 37.0 Å². The number of nitrogens with zero attached hydrogens (tertiary/aromatic N) is 4. The Morgan fingerprint density at radius 1 is 1.00 bits per heavy atom. The topological polar surface area (TPSA) is 69.5 Å². The van der Waals surface area contributed by atoms with Crippen LogP contribution in [0.25, 0.3) is 0 Å². The molecule has 3 aromatic rings. The lowest BCUT2D eigenvalue weighted by atomic mass is 10.1. The monoisotopic (exact) mass is 478 g/mol. The molecule has 1 saturated heterocycles. The summed E-state index contributed by atoms with van der Waals surface area (Å²) in [5, 5.41) is 7.93. The molecule has 1 aromatic heterocycles. The van der Waals surface area contributed by atoms with Gasteiger partial charge >= 0.3 is 6.18 Å². The van der Waals surface area contributed by atoms with E-state index in [9.17, 15) is 18.0 Å². The number of Topliss-reactive ketones (excluding diaryl/α,β-unsaturated/α-hetero) is 1. The molecule has 0 radical (unpaired) electrons. The van der Waals surface area contributed by atoms with Gasteiger partial charge in [0.15, 0.2) is 10.9 Å². The second-order valence-electron chi connectivity index (χ2n) is 7.23. The smallest absolute Gasteiger partial charge is 0.406 e. The molecule has 0 saturated carbocycles. The van der Waals surface area contributed by atoms with E-state index in [-0.39, 0.29) is 22.6 Å². The minimum absolute atomic E-state index is 0.0474. The van der Waals surface area contributed by atoms with E-state index in [2.05, 4.69) is 10.2 Å². The van der Waals surface area contributed by atoms with E-state index in [4.69, 9.17) is 9.47 Å². The Balaban J connectivity index is 1.42. The first-order valence-electron chi connectivity index (χ1n) is 10.2. The molecular weight excluding hydrogens is 457 g/mol. The molecule has 1 aliphatic rings. The molecule has 2 aromatic carbocycles. The van der Waals surface area contributed by atoms with Crippen LogP contribution in [0.5, 0.6) is 11.5 Å². The number of para-hydroxylation sites is 1. The van der Waals surface area contributed by atoms with Crippen LogP contribution < -0.4 is 9.64 Å². The molecule has 0 N–H and O–H groups in total. The highest BCUT2D eigenvalue weighted by Gasteiger charge is 2.33. The number of halogens is 3. The van der Waals surface area contributed by atoms with E-state index < -0.39 is 12.7 Å². The highest BCUT2D eigenvalue weighted by Crippen LogP contribution is 2.28. The fourth-order valence-electron chi connectivity index (χ4n) is 3.25. The maximum Gasteiger partial charge on any atom is 0.406 e. The van der Waals surface area contributed by atoms with Crippen molar-refractivity contribution in [3.05, 3.63) is 60.2 Å². The van der Waals surface area contributed by atoms with Crippen LogP contribution in [-0.2, 0) is 11.3 Å². The van der Waals surface area contributed by atoms with Gasteiger partial charge in [0.25, 0.3) is 0 Å². The van der Waals surface area contributed by atoms with E-state index >= 15 is 0 Å². The maximum absolute atomic E-state index is 13.2. The van der Waals surface area contributed by atoms with Crippen LogP contribution in [0, 0.1) is 0 Å². The van der Waals surface area contributed by atoms with Crippen LogP contribution in [0.1, 0.15) is 10.4 Å². The Morgan fingerprint density at radius 3 is 2.33 bits per heavy atom. The normalized spacial score (nSPS) is 14.3. The van der Waals surface area contributed by atoms with E-state index in [1.54, 1.807) is 29.2 Å². The SMILES string of the molecule is O=C(CSc1nnc(N2CCOCC2)n1CC(F)(F)F)c1ccc(Oc2ccccc2)cc1. The molecule has 33 heavy (non-hydrogen) atoms. The lowest BCUT2D eigenvalue weighted by Crippen LogP contribution is -2.38. The molecule has 11 heteroatoms. The van der Waals surface area contributed by atoms with Crippen LogP contribution in [0.2, 0.25) is 0 Å². The molecule has 174 valence electrons. The number of carbonyl (C=O) groups is 1. The van der Waals surface area contributed by atoms with Crippen molar-refractivity contribution in [1.82, 2.24) is 14.8 Å². The first-order valence-corrected chi connectivity index (χ1v) is 11.2.